The molecule has 0 radical (unpaired) electrons. The summed E-state index contributed by atoms with van der Waals surface area (Å²) in [4.78, 5) is 8.62. The van der Waals surface area contributed by atoms with Crippen LogP contribution in [0.1, 0.15) is 12.5 Å². The van der Waals surface area contributed by atoms with Crippen LogP contribution >= 0.6 is 24.0 Å². The number of amidine groups is 1. The molecule has 0 amide bonds. The summed E-state index contributed by atoms with van der Waals surface area (Å²) in [6.07, 6.45) is 2.81. The number of likely N-dealkylation sites (N-methyl/N-ethyl adjacent to an activating group) is 1. The second kappa shape index (κ2) is 7.64. The van der Waals surface area contributed by atoms with E-state index in [9.17, 15) is 0 Å². The fourth-order valence-electron chi connectivity index (χ4n) is 2.02. The Morgan fingerprint density at radius 2 is 1.95 bits per heavy atom. The number of nitrogens with zero attached hydrogens (tertiary/aromatic N) is 3. The average molecular weight is 386 g/mol. The van der Waals surface area contributed by atoms with Crippen LogP contribution in [0.5, 0.6) is 0 Å². The van der Waals surface area contributed by atoms with E-state index in [4.69, 9.17) is 5.73 Å². The minimum atomic E-state index is -0.279. The lowest BCUT2D eigenvalue weighted by atomic mass is 10.1. The van der Waals surface area contributed by atoms with Gasteiger partial charge in [0.15, 0.2) is 6.29 Å². The highest BCUT2D eigenvalue weighted by molar-refractivity contribution is 14.0. The Labute approximate surface area is 138 Å². The van der Waals surface area contributed by atoms with Crippen LogP contribution < -0.4 is 5.73 Å². The van der Waals surface area contributed by atoms with Crippen LogP contribution in [-0.2, 0) is 6.42 Å². The minimum absolute atomic E-state index is 0. The SMILES string of the molecule is CC1=CC(N(C)CCc2ccccc2)=NC(N)N1C.I. The molecule has 2 N–H and O–H groups in total. The van der Waals surface area contributed by atoms with Crippen LogP contribution in [0.25, 0.3) is 0 Å². The highest BCUT2D eigenvalue weighted by atomic mass is 127. The third-order valence-corrected chi connectivity index (χ3v) is 3.53. The number of hydrogen-bond acceptors (Lipinski definition) is 4. The minimum Gasteiger partial charge on any atom is -0.359 e. The molecule has 1 aliphatic rings. The molecule has 1 unspecified atom stereocenters. The fraction of sp³-hybridized carbons (Fsp3) is 0.400. The van der Waals surface area contributed by atoms with E-state index in [0.29, 0.717) is 0 Å². The normalized spacial score (nSPS) is 18.0. The van der Waals surface area contributed by atoms with Crippen LogP contribution in [0.2, 0.25) is 0 Å². The van der Waals surface area contributed by atoms with Crippen molar-refractivity contribution in [3.63, 3.8) is 0 Å². The number of halogens is 1. The van der Waals surface area contributed by atoms with E-state index < -0.39 is 0 Å². The van der Waals surface area contributed by atoms with Crippen molar-refractivity contribution in [3.8, 4) is 0 Å². The fourth-order valence-corrected chi connectivity index (χ4v) is 2.02. The van der Waals surface area contributed by atoms with E-state index in [1.54, 1.807) is 0 Å². The molecule has 0 aromatic heterocycles. The van der Waals surface area contributed by atoms with Gasteiger partial charge in [0, 0.05) is 26.3 Å². The predicted molar refractivity (Wildman–Crippen MR) is 95.1 cm³/mol. The number of aliphatic imine (C=N–C) groups is 1. The van der Waals surface area contributed by atoms with Crippen LogP contribution in [0.15, 0.2) is 47.1 Å². The second-order valence-electron chi connectivity index (χ2n) is 4.95. The molecular weight excluding hydrogens is 363 g/mol. The maximum atomic E-state index is 5.98. The molecule has 2 rings (SSSR count). The molecule has 1 aromatic rings. The van der Waals surface area contributed by atoms with Gasteiger partial charge in [-0.15, -0.1) is 24.0 Å². The van der Waals surface area contributed by atoms with Gasteiger partial charge in [0.1, 0.15) is 5.84 Å². The Balaban J connectivity index is 0.00000200. The van der Waals surface area contributed by atoms with Crippen molar-refractivity contribution in [3.05, 3.63) is 47.7 Å². The number of benzene rings is 1. The summed E-state index contributed by atoms with van der Waals surface area (Å²) in [6, 6.07) is 10.5. The van der Waals surface area contributed by atoms with Crippen LogP contribution in [0.3, 0.4) is 0 Å². The first-order valence-electron chi connectivity index (χ1n) is 6.57. The van der Waals surface area contributed by atoms with Crippen molar-refractivity contribution < 1.29 is 0 Å². The summed E-state index contributed by atoms with van der Waals surface area (Å²) in [5.74, 6) is 0.957. The summed E-state index contributed by atoms with van der Waals surface area (Å²) in [5.41, 5.74) is 8.46. The van der Waals surface area contributed by atoms with Gasteiger partial charge in [-0.2, -0.15) is 0 Å². The molecule has 0 fully saturated rings. The lowest BCUT2D eigenvalue weighted by Gasteiger charge is -2.31. The largest absolute Gasteiger partial charge is 0.359 e. The third-order valence-electron chi connectivity index (χ3n) is 3.53. The Hall–Kier alpha value is -1.08. The van der Waals surface area contributed by atoms with Gasteiger partial charge in [0.2, 0.25) is 0 Å². The molecule has 0 bridgehead atoms. The zero-order valence-corrected chi connectivity index (χ0v) is 14.6. The van der Waals surface area contributed by atoms with Crippen LogP contribution in [0.4, 0.5) is 0 Å². The van der Waals surface area contributed by atoms with Gasteiger partial charge >= 0.3 is 0 Å². The first kappa shape index (κ1) is 17.0. The van der Waals surface area contributed by atoms with Gasteiger partial charge in [-0.3, -0.25) is 5.73 Å². The van der Waals surface area contributed by atoms with E-state index >= 15 is 0 Å². The lowest BCUT2D eigenvalue weighted by molar-refractivity contribution is 0.309. The molecule has 1 atom stereocenters. The number of rotatable bonds is 3. The van der Waals surface area contributed by atoms with Gasteiger partial charge in [-0.05, 0) is 25.0 Å². The smallest absolute Gasteiger partial charge is 0.175 e. The van der Waals surface area contributed by atoms with E-state index in [-0.39, 0.29) is 30.3 Å². The standard InChI is InChI=1S/C15H22N4.HI/c1-12-11-14(17-15(16)19(12)3)18(2)10-9-13-7-5-4-6-8-13;/h4-8,11,15H,9-10,16H2,1-3H3;1H. The molecule has 1 heterocycles. The predicted octanol–water partition coefficient (Wildman–Crippen LogP) is 2.27. The first-order valence-corrected chi connectivity index (χ1v) is 6.57. The van der Waals surface area contributed by atoms with E-state index in [0.717, 1.165) is 24.5 Å². The Morgan fingerprint density at radius 3 is 2.55 bits per heavy atom. The van der Waals surface area contributed by atoms with Gasteiger partial charge in [0.25, 0.3) is 0 Å². The molecule has 0 spiro atoms. The lowest BCUT2D eigenvalue weighted by Crippen LogP contribution is -2.42. The second-order valence-corrected chi connectivity index (χ2v) is 4.95. The number of nitrogens with two attached hydrogens (primary N) is 1. The highest BCUT2D eigenvalue weighted by Gasteiger charge is 2.17. The molecule has 1 aliphatic heterocycles. The molecule has 20 heavy (non-hydrogen) atoms. The third kappa shape index (κ3) is 4.21. The molecular formula is C15H23IN4. The maximum Gasteiger partial charge on any atom is 0.175 e. The highest BCUT2D eigenvalue weighted by Crippen LogP contribution is 2.12. The number of allylic oxidation sites excluding steroid dienone is 1. The zero-order valence-electron chi connectivity index (χ0n) is 12.3. The van der Waals surface area contributed by atoms with Gasteiger partial charge < -0.3 is 9.80 Å². The molecule has 0 saturated heterocycles. The monoisotopic (exact) mass is 386 g/mol. The first-order chi connectivity index (χ1) is 9.08. The van der Waals surface area contributed by atoms with Crippen molar-refractivity contribution in [1.29, 1.82) is 0 Å². The van der Waals surface area contributed by atoms with E-state index in [2.05, 4.69) is 54.2 Å². The number of hydrogen-bond donors (Lipinski definition) is 1. The summed E-state index contributed by atoms with van der Waals surface area (Å²) >= 11 is 0. The molecule has 0 aliphatic carbocycles. The van der Waals surface area contributed by atoms with Gasteiger partial charge in [-0.25, -0.2) is 4.99 Å². The van der Waals surface area contributed by atoms with Crippen LogP contribution in [0, 0.1) is 0 Å². The zero-order chi connectivity index (χ0) is 13.8. The van der Waals surface area contributed by atoms with Crippen molar-refractivity contribution in [2.75, 3.05) is 20.6 Å². The molecule has 5 heteroatoms. The topological polar surface area (TPSA) is 44.9 Å². The Kier molecular flexibility index (Phi) is 6.48. The van der Waals surface area contributed by atoms with Crippen LogP contribution in [-0.4, -0.2) is 42.6 Å². The average Bonchev–Trinajstić information content (AvgIpc) is 2.42. The van der Waals surface area contributed by atoms with Gasteiger partial charge in [-0.1, -0.05) is 30.3 Å². The van der Waals surface area contributed by atoms with Gasteiger partial charge in [0.05, 0.1) is 0 Å². The van der Waals surface area contributed by atoms with E-state index in [1.165, 1.54) is 5.56 Å². The molecule has 0 saturated carbocycles. The summed E-state index contributed by atoms with van der Waals surface area (Å²) < 4.78 is 0. The summed E-state index contributed by atoms with van der Waals surface area (Å²) in [5, 5.41) is 0. The quantitative estimate of drug-likeness (QED) is 0.811. The van der Waals surface area contributed by atoms with Crippen molar-refractivity contribution in [2.24, 2.45) is 10.7 Å². The van der Waals surface area contributed by atoms with Crippen molar-refractivity contribution >= 4 is 29.8 Å². The molecule has 4 nitrogen and oxygen atoms in total. The maximum absolute atomic E-state index is 5.98. The van der Waals surface area contributed by atoms with E-state index in [1.807, 2.05) is 18.0 Å². The molecule has 110 valence electrons. The summed E-state index contributed by atoms with van der Waals surface area (Å²) in [6.45, 7) is 2.99. The molecule has 1 aromatic carbocycles. The van der Waals surface area contributed by atoms with Crippen molar-refractivity contribution in [2.45, 2.75) is 19.6 Å². The summed E-state index contributed by atoms with van der Waals surface area (Å²) in [7, 11) is 4.02. The van der Waals surface area contributed by atoms with Crippen molar-refractivity contribution in [1.82, 2.24) is 9.80 Å². The Bertz CT molecular complexity index is 484. The Morgan fingerprint density at radius 1 is 1.30 bits per heavy atom.